The van der Waals surface area contributed by atoms with Gasteiger partial charge in [-0.1, -0.05) is 141 Å². The third kappa shape index (κ3) is 4.06. The molecule has 260 valence electrons. The average Bonchev–Trinajstić information content (AvgIpc) is 3.82. The molecule has 2 nitrogen and oxygen atoms in total. The topological polar surface area (TPSA) is 16.4 Å². The zero-order valence-electron chi connectivity index (χ0n) is 30.5. The first kappa shape index (κ1) is 31.1. The number of hydrogen-bond acceptors (Lipinski definition) is 3. The van der Waals surface area contributed by atoms with Gasteiger partial charge in [0.1, 0.15) is 11.2 Å². The molecular weight excluding hydrogens is 687 g/mol. The van der Waals surface area contributed by atoms with E-state index in [1.807, 2.05) is 11.8 Å². The SMILES string of the molecule is CC1(C)c2ccccc2-c2cc(N(c3ccccc3)c3cccc4oc5cc6c(cc5c34)-c3ccccc3C63c4ccccc4Sc4ccccc43)ccc21. The highest BCUT2D eigenvalue weighted by Gasteiger charge is 2.50. The molecule has 0 fully saturated rings. The second-order valence-electron chi connectivity index (χ2n) is 15.6. The first-order valence-corrected chi connectivity index (χ1v) is 19.9. The molecule has 8 aromatic carbocycles. The Hall–Kier alpha value is -6.29. The van der Waals surface area contributed by atoms with E-state index in [9.17, 15) is 0 Å². The molecule has 0 N–H and O–H groups in total. The lowest BCUT2D eigenvalue weighted by Gasteiger charge is -2.39. The Morgan fingerprint density at radius 3 is 1.78 bits per heavy atom. The Labute approximate surface area is 324 Å². The lowest BCUT2D eigenvalue weighted by atomic mass is 9.67. The molecule has 12 rings (SSSR count). The predicted molar refractivity (Wildman–Crippen MR) is 227 cm³/mol. The number of benzene rings is 8. The van der Waals surface area contributed by atoms with Crippen LogP contribution in [0, 0.1) is 0 Å². The number of hydrogen-bond donors (Lipinski definition) is 0. The molecule has 0 saturated heterocycles. The summed E-state index contributed by atoms with van der Waals surface area (Å²) in [6, 6.07) is 65.0. The summed E-state index contributed by atoms with van der Waals surface area (Å²) in [5, 5.41) is 2.24. The number of furan rings is 1. The minimum Gasteiger partial charge on any atom is -0.456 e. The first-order valence-electron chi connectivity index (χ1n) is 19.1. The Balaban J connectivity index is 1.13. The van der Waals surface area contributed by atoms with Crippen LogP contribution in [-0.4, -0.2) is 0 Å². The van der Waals surface area contributed by atoms with Gasteiger partial charge in [0.2, 0.25) is 0 Å². The summed E-state index contributed by atoms with van der Waals surface area (Å²) in [5.41, 5.74) is 17.8. The van der Waals surface area contributed by atoms with Crippen molar-refractivity contribution >= 4 is 50.8 Å². The van der Waals surface area contributed by atoms with Crippen LogP contribution < -0.4 is 4.90 Å². The Morgan fingerprint density at radius 1 is 0.436 bits per heavy atom. The van der Waals surface area contributed by atoms with Gasteiger partial charge in [-0.2, -0.15) is 0 Å². The summed E-state index contributed by atoms with van der Waals surface area (Å²) >= 11 is 1.88. The van der Waals surface area contributed by atoms with Gasteiger partial charge in [0.05, 0.1) is 16.5 Å². The molecule has 3 aliphatic rings. The van der Waals surface area contributed by atoms with Crippen LogP contribution in [0.25, 0.3) is 44.2 Å². The van der Waals surface area contributed by atoms with Crippen LogP contribution in [0.15, 0.2) is 190 Å². The molecular formula is C52H35NOS. The Kier molecular flexibility index (Phi) is 6.29. The van der Waals surface area contributed by atoms with Crippen LogP contribution in [0.3, 0.4) is 0 Å². The van der Waals surface area contributed by atoms with Crippen LogP contribution in [0.2, 0.25) is 0 Å². The number of para-hydroxylation sites is 1. The van der Waals surface area contributed by atoms with Crippen LogP contribution in [0.5, 0.6) is 0 Å². The third-order valence-electron chi connectivity index (χ3n) is 12.5. The number of nitrogens with zero attached hydrogens (tertiary/aromatic N) is 1. The molecule has 9 aromatic rings. The molecule has 55 heavy (non-hydrogen) atoms. The van der Waals surface area contributed by atoms with Crippen LogP contribution in [0.4, 0.5) is 17.1 Å². The highest BCUT2D eigenvalue weighted by atomic mass is 32.2. The standard InChI is InChI=1S/C52H35NOS/c1-51(2)39-19-8-6-17-34(39)36-29-33(27-28-40(36)51)53(32-15-4-3-5-16-32)45-23-14-24-46-50(45)38-30-37-35-18-7-9-20-41(35)52(44(37)31-47(38)54-46)42-21-10-12-25-48(42)55-49-26-13-11-22-43(49)52/h3-31H,1-2H3. The van der Waals surface area contributed by atoms with E-state index >= 15 is 0 Å². The van der Waals surface area contributed by atoms with Crippen molar-refractivity contribution in [2.75, 3.05) is 4.90 Å². The van der Waals surface area contributed by atoms with Crippen molar-refractivity contribution in [3.05, 3.63) is 209 Å². The van der Waals surface area contributed by atoms with E-state index in [1.165, 1.54) is 65.4 Å². The second kappa shape index (κ2) is 11.1. The van der Waals surface area contributed by atoms with Gasteiger partial charge in [0.25, 0.3) is 0 Å². The lowest BCUT2D eigenvalue weighted by molar-refractivity contribution is 0.660. The zero-order valence-corrected chi connectivity index (χ0v) is 31.3. The van der Waals surface area contributed by atoms with Gasteiger partial charge in [0.15, 0.2) is 0 Å². The van der Waals surface area contributed by atoms with Crippen molar-refractivity contribution in [1.82, 2.24) is 0 Å². The van der Waals surface area contributed by atoms with Crippen molar-refractivity contribution in [2.45, 2.75) is 34.5 Å². The van der Waals surface area contributed by atoms with E-state index in [0.717, 1.165) is 39.0 Å². The number of fused-ring (bicyclic) bond motifs is 15. The molecule has 2 heterocycles. The molecule has 0 unspecified atom stereocenters. The van der Waals surface area contributed by atoms with Crippen molar-refractivity contribution in [3.63, 3.8) is 0 Å². The maximum atomic E-state index is 6.96. The molecule has 0 bridgehead atoms. The minimum atomic E-state index is -0.453. The molecule has 0 saturated carbocycles. The summed E-state index contributed by atoms with van der Waals surface area (Å²) in [6.07, 6.45) is 0. The highest BCUT2D eigenvalue weighted by Crippen LogP contribution is 2.63. The van der Waals surface area contributed by atoms with Crippen molar-refractivity contribution in [1.29, 1.82) is 0 Å². The summed E-state index contributed by atoms with van der Waals surface area (Å²) in [7, 11) is 0. The number of rotatable bonds is 3. The van der Waals surface area contributed by atoms with Crippen LogP contribution in [0.1, 0.15) is 47.2 Å². The van der Waals surface area contributed by atoms with E-state index < -0.39 is 5.41 Å². The fraction of sp³-hybridized carbons (Fsp3) is 0.0769. The average molecular weight is 722 g/mol. The molecule has 1 aromatic heterocycles. The Morgan fingerprint density at radius 2 is 1.04 bits per heavy atom. The lowest BCUT2D eigenvalue weighted by Crippen LogP contribution is -2.31. The zero-order chi connectivity index (χ0) is 36.5. The number of anilines is 3. The van der Waals surface area contributed by atoms with E-state index in [-0.39, 0.29) is 5.41 Å². The molecule has 0 atom stereocenters. The van der Waals surface area contributed by atoms with Crippen molar-refractivity contribution in [2.24, 2.45) is 0 Å². The van der Waals surface area contributed by atoms with E-state index in [0.29, 0.717) is 0 Å². The van der Waals surface area contributed by atoms with E-state index in [2.05, 4.69) is 195 Å². The summed E-state index contributed by atoms with van der Waals surface area (Å²) in [6.45, 7) is 4.68. The molecule has 1 spiro atoms. The van der Waals surface area contributed by atoms with Gasteiger partial charge in [-0.15, -0.1) is 0 Å². The maximum Gasteiger partial charge on any atom is 0.137 e. The van der Waals surface area contributed by atoms with Crippen LogP contribution in [-0.2, 0) is 10.8 Å². The van der Waals surface area contributed by atoms with Gasteiger partial charge in [0, 0.05) is 32.0 Å². The first-order chi connectivity index (χ1) is 27.0. The van der Waals surface area contributed by atoms with E-state index in [1.54, 1.807) is 0 Å². The highest BCUT2D eigenvalue weighted by molar-refractivity contribution is 7.99. The van der Waals surface area contributed by atoms with Gasteiger partial charge in [-0.25, -0.2) is 0 Å². The summed E-state index contributed by atoms with van der Waals surface area (Å²) < 4.78 is 6.96. The van der Waals surface area contributed by atoms with Gasteiger partial charge in [-0.05, 0) is 116 Å². The Bertz CT molecular complexity index is 3020. The fourth-order valence-corrected chi connectivity index (χ4v) is 11.4. The maximum absolute atomic E-state index is 6.96. The van der Waals surface area contributed by atoms with Crippen molar-refractivity contribution in [3.8, 4) is 22.3 Å². The quantitative estimate of drug-likeness (QED) is 0.181. The molecule has 0 amide bonds. The predicted octanol–water partition coefficient (Wildman–Crippen LogP) is 14.2. The summed E-state index contributed by atoms with van der Waals surface area (Å²) in [4.78, 5) is 5.02. The molecule has 0 radical (unpaired) electrons. The largest absolute Gasteiger partial charge is 0.456 e. The van der Waals surface area contributed by atoms with Gasteiger partial charge >= 0.3 is 0 Å². The van der Waals surface area contributed by atoms with Crippen LogP contribution >= 0.6 is 11.8 Å². The second-order valence-corrected chi connectivity index (χ2v) is 16.7. The fourth-order valence-electron chi connectivity index (χ4n) is 10.2. The smallest absolute Gasteiger partial charge is 0.137 e. The molecule has 1 aliphatic heterocycles. The summed E-state index contributed by atoms with van der Waals surface area (Å²) in [5.74, 6) is 0. The monoisotopic (exact) mass is 721 g/mol. The van der Waals surface area contributed by atoms with Crippen molar-refractivity contribution < 1.29 is 4.42 Å². The minimum absolute atomic E-state index is 0.0606. The third-order valence-corrected chi connectivity index (χ3v) is 13.7. The molecule has 2 aliphatic carbocycles. The van der Waals surface area contributed by atoms with E-state index in [4.69, 9.17) is 4.42 Å². The van der Waals surface area contributed by atoms with Gasteiger partial charge < -0.3 is 9.32 Å². The molecule has 3 heteroatoms. The normalized spacial score (nSPS) is 14.9. The van der Waals surface area contributed by atoms with Gasteiger partial charge in [-0.3, -0.25) is 0 Å².